The van der Waals surface area contributed by atoms with E-state index < -0.39 is 18.5 Å². The molecule has 14 heavy (non-hydrogen) atoms. The maximum atomic E-state index is 9.86. The van der Waals surface area contributed by atoms with Crippen molar-refractivity contribution in [2.24, 2.45) is 0 Å². The molecule has 0 atom stereocenters. The van der Waals surface area contributed by atoms with Crippen LogP contribution in [0, 0.1) is 0 Å². The van der Waals surface area contributed by atoms with E-state index in [2.05, 4.69) is 9.47 Å². The van der Waals surface area contributed by atoms with Crippen molar-refractivity contribution in [2.45, 2.75) is 0 Å². The third-order valence-corrected chi connectivity index (χ3v) is 0.341. The van der Waals surface area contributed by atoms with Crippen LogP contribution in [0.2, 0.25) is 0 Å². The minimum atomic E-state index is -1.92. The van der Waals surface area contributed by atoms with Gasteiger partial charge in [-0.15, -0.1) is 0 Å². The summed E-state index contributed by atoms with van der Waals surface area (Å²) >= 11 is 0. The van der Waals surface area contributed by atoms with Crippen LogP contribution in [0.25, 0.3) is 0 Å². The largest absolute Gasteiger partial charge is 2.00 e. The topological polar surface area (TPSA) is 110 Å². The summed E-state index contributed by atoms with van der Waals surface area (Å²) in [7, 11) is 0. The zero-order valence-corrected chi connectivity index (χ0v) is 10.3. The summed E-state index contributed by atoms with van der Waals surface area (Å²) in [5.41, 5.74) is 0. The Bertz CT molecular complexity index is 182. The second-order valence-electron chi connectivity index (χ2n) is 0.986. The van der Waals surface area contributed by atoms with Gasteiger partial charge < -0.3 is 25.4 Å². The molecular weight excluding hydrogens is 282 g/mol. The number of ether oxygens (including phenoxy) is 2. The van der Waals surface area contributed by atoms with E-state index in [0.29, 0.717) is 0 Å². The molecule has 0 aliphatic carbocycles. The van der Waals surface area contributed by atoms with Crippen molar-refractivity contribution < 1.29 is 39.8 Å². The number of rotatable bonds is 0. The summed E-state index contributed by atoms with van der Waals surface area (Å²) in [4.78, 5) is 28.8. The summed E-state index contributed by atoms with van der Waals surface area (Å²) in [6.07, 6.45) is -5.64. The average Bonchev–Trinajstić information content (AvgIpc) is 1.58. The fourth-order valence-corrected chi connectivity index (χ4v) is 0.163. The molecule has 0 rings (SSSR count). The Morgan fingerprint density at radius 1 is 0.857 bits per heavy atom. The molecule has 0 aromatic carbocycles. The molecule has 7 nitrogen and oxygen atoms in total. The average molecular weight is 294 g/mol. The number of carbonyl (C=O) groups is 3. The molecule has 0 heterocycles. The van der Waals surface area contributed by atoms with Gasteiger partial charge in [0.2, 0.25) is 0 Å². The van der Waals surface area contributed by atoms with E-state index in [1.165, 1.54) is 0 Å². The molecule has 0 saturated carbocycles. The molecule has 2 N–H and O–H groups in total. The van der Waals surface area contributed by atoms with Gasteiger partial charge in [-0.2, -0.15) is 0 Å². The Labute approximate surface area is 166 Å². The maximum Gasteiger partial charge on any atom is 2.00 e. The van der Waals surface area contributed by atoms with E-state index >= 15 is 0 Å². The van der Waals surface area contributed by atoms with Crippen molar-refractivity contribution in [1.82, 2.24) is 0 Å². The SMILES string of the molecule is O=C(O)OC(=O)OC(=O)O.[AlH3].[AlH3].[Ca+2].[Ca+2].[H-].[H-].[H-].[H-]. The predicted molar refractivity (Wildman–Crippen MR) is 59.4 cm³/mol. The Hall–Kier alpha value is 1.79. The minimum Gasteiger partial charge on any atom is -1.00 e. The first-order valence-corrected chi connectivity index (χ1v) is 1.88. The van der Waals surface area contributed by atoms with Crippen molar-refractivity contribution in [3.63, 3.8) is 0 Å². The van der Waals surface area contributed by atoms with Crippen LogP contribution in [0.3, 0.4) is 0 Å². The molecule has 0 fully saturated rings. The Morgan fingerprint density at radius 3 is 1.21 bits per heavy atom. The standard InChI is InChI=1S/C3H2O7.2Al.2Ca.10H/c4-1(5)9-3(8)10-2(6)7;;;;;;;;;;;;;;/h(H,4,5)(H,6,7);;;;;;;;;;;;;;/q;;;2*+2;;;;;;;4*-1. The molecule has 0 bridgehead atoms. The Balaban J connectivity index is -0.0000000145. The number of carbonyl (C=O) groups excluding carboxylic acids is 1. The molecule has 0 aromatic heterocycles. The van der Waals surface area contributed by atoms with E-state index in [-0.39, 0.29) is 116 Å². The normalized spacial score (nSPS) is 5.71. The van der Waals surface area contributed by atoms with Crippen LogP contribution >= 0.6 is 0 Å². The first-order chi connectivity index (χ1) is 4.52. The van der Waals surface area contributed by atoms with Crippen LogP contribution < -0.4 is 0 Å². The molecule has 0 amide bonds. The van der Waals surface area contributed by atoms with Crippen LogP contribution in [-0.2, 0) is 9.47 Å². The van der Waals surface area contributed by atoms with Gasteiger partial charge in [-0.05, 0) is 0 Å². The summed E-state index contributed by atoms with van der Waals surface area (Å²) < 4.78 is 6.47. The van der Waals surface area contributed by atoms with Crippen molar-refractivity contribution in [3.05, 3.63) is 0 Å². The molecule has 0 aliphatic heterocycles. The second kappa shape index (κ2) is 17.2. The van der Waals surface area contributed by atoms with Gasteiger partial charge in [0.1, 0.15) is 0 Å². The predicted octanol–water partition coefficient (Wildman–Crippen LogP) is -2.18. The van der Waals surface area contributed by atoms with Gasteiger partial charge in [0.05, 0.1) is 0 Å². The number of hydrogen-bond donors (Lipinski definition) is 2. The molecule has 76 valence electrons. The van der Waals surface area contributed by atoms with Crippen LogP contribution in [0.4, 0.5) is 14.4 Å². The third-order valence-electron chi connectivity index (χ3n) is 0.341. The van der Waals surface area contributed by atoms with Gasteiger partial charge in [0.25, 0.3) is 0 Å². The molecule has 0 radical (unpaired) electrons. The minimum absolute atomic E-state index is 0. The van der Waals surface area contributed by atoms with Crippen molar-refractivity contribution >= 4 is 129 Å². The molecule has 0 aromatic rings. The fourth-order valence-electron chi connectivity index (χ4n) is 0.163. The Morgan fingerprint density at radius 2 is 1.07 bits per heavy atom. The number of hydrogen-bond acceptors (Lipinski definition) is 5. The quantitative estimate of drug-likeness (QED) is 0.297. The van der Waals surface area contributed by atoms with Crippen LogP contribution in [-0.4, -0.2) is 139 Å². The molecule has 11 heteroatoms. The van der Waals surface area contributed by atoms with E-state index in [4.69, 9.17) is 10.2 Å². The van der Waals surface area contributed by atoms with E-state index in [1.54, 1.807) is 0 Å². The monoisotopic (exact) mass is 294 g/mol. The third kappa shape index (κ3) is 23.5. The van der Waals surface area contributed by atoms with Gasteiger partial charge in [-0.25, -0.2) is 14.4 Å². The van der Waals surface area contributed by atoms with Gasteiger partial charge >= 0.3 is 93.9 Å². The first kappa shape index (κ1) is 29.7. The zero-order valence-electron chi connectivity index (χ0n) is 9.85. The van der Waals surface area contributed by atoms with Gasteiger partial charge in [-0.3, -0.25) is 0 Å². The molecule has 0 spiro atoms. The molecular formula is C3H12Al2Ca2O7. The van der Waals surface area contributed by atoms with Crippen LogP contribution in [0.15, 0.2) is 0 Å². The zero-order chi connectivity index (χ0) is 8.15. The number of carboxylic acid groups (broad SMARTS) is 2. The first-order valence-electron chi connectivity index (χ1n) is 1.88. The van der Waals surface area contributed by atoms with Gasteiger partial charge in [-0.1, -0.05) is 0 Å². The maximum absolute atomic E-state index is 9.86. The fraction of sp³-hybridized carbons (Fsp3) is 0. The van der Waals surface area contributed by atoms with Crippen LogP contribution in [0.1, 0.15) is 5.71 Å². The van der Waals surface area contributed by atoms with Gasteiger partial charge in [0.15, 0.2) is 34.7 Å². The summed E-state index contributed by atoms with van der Waals surface area (Å²) in [5.74, 6) is 0. The van der Waals surface area contributed by atoms with E-state index in [1.807, 2.05) is 0 Å². The van der Waals surface area contributed by atoms with E-state index in [9.17, 15) is 14.4 Å². The summed E-state index contributed by atoms with van der Waals surface area (Å²) in [5, 5.41) is 15.4. The summed E-state index contributed by atoms with van der Waals surface area (Å²) in [6, 6.07) is 0. The van der Waals surface area contributed by atoms with Gasteiger partial charge in [0, 0.05) is 0 Å². The smallest absolute Gasteiger partial charge is 1.00 e. The van der Waals surface area contributed by atoms with E-state index in [0.717, 1.165) is 0 Å². The summed E-state index contributed by atoms with van der Waals surface area (Å²) in [6.45, 7) is 0. The van der Waals surface area contributed by atoms with Crippen molar-refractivity contribution in [1.29, 1.82) is 0 Å². The molecule has 0 saturated heterocycles. The van der Waals surface area contributed by atoms with Crippen molar-refractivity contribution in [2.75, 3.05) is 0 Å². The molecule has 0 aliphatic rings. The van der Waals surface area contributed by atoms with Crippen LogP contribution in [0.5, 0.6) is 0 Å². The Kier molecular flexibility index (Phi) is 36.4. The van der Waals surface area contributed by atoms with Crippen molar-refractivity contribution in [3.8, 4) is 0 Å². The molecule has 0 unspecified atom stereocenters. The second-order valence-corrected chi connectivity index (χ2v) is 0.986.